The molecule has 0 unspecified atom stereocenters. The lowest BCUT2D eigenvalue weighted by Gasteiger charge is -2.08. The van der Waals surface area contributed by atoms with Gasteiger partial charge in [-0.3, -0.25) is 4.79 Å². The van der Waals surface area contributed by atoms with Gasteiger partial charge in [0.15, 0.2) is 11.6 Å². The molecule has 1 aromatic carbocycles. The number of allylic oxidation sites excluding steroid dienone is 1. The fraction of sp³-hybridized carbons (Fsp3) is 0.250. The standard InChI is InChI=1S/C12H12FN3O2/c1-7(8(2)12(17)15-16-14)9-4-5-10(13)11(6-9)18-3/h4-6H,1-3H3/b8-7+. The molecule has 0 saturated carbocycles. The minimum absolute atomic E-state index is 0.0934. The first-order valence-electron chi connectivity index (χ1n) is 5.12. The number of benzene rings is 1. The highest BCUT2D eigenvalue weighted by atomic mass is 19.1. The second-order valence-corrected chi connectivity index (χ2v) is 3.59. The van der Waals surface area contributed by atoms with Gasteiger partial charge < -0.3 is 4.74 Å². The Labute approximate surface area is 104 Å². The van der Waals surface area contributed by atoms with Crippen molar-refractivity contribution >= 4 is 11.5 Å². The summed E-state index contributed by atoms with van der Waals surface area (Å²) in [7, 11) is 1.36. The van der Waals surface area contributed by atoms with Crippen LogP contribution in [0.4, 0.5) is 4.39 Å². The lowest BCUT2D eigenvalue weighted by atomic mass is 10.0. The molecule has 0 bridgehead atoms. The van der Waals surface area contributed by atoms with E-state index in [0.29, 0.717) is 16.7 Å². The van der Waals surface area contributed by atoms with Gasteiger partial charge in [0.05, 0.1) is 7.11 Å². The predicted octanol–water partition coefficient (Wildman–Crippen LogP) is 3.46. The highest BCUT2D eigenvalue weighted by molar-refractivity contribution is 6.00. The van der Waals surface area contributed by atoms with Crippen molar-refractivity contribution in [3.05, 3.63) is 45.6 Å². The average Bonchev–Trinajstić information content (AvgIpc) is 2.38. The van der Waals surface area contributed by atoms with E-state index < -0.39 is 11.7 Å². The molecule has 0 aliphatic rings. The molecule has 0 aliphatic heterocycles. The Morgan fingerprint density at radius 3 is 2.67 bits per heavy atom. The fourth-order valence-corrected chi connectivity index (χ4v) is 1.39. The third-order valence-corrected chi connectivity index (χ3v) is 2.60. The minimum Gasteiger partial charge on any atom is -0.494 e. The van der Waals surface area contributed by atoms with Gasteiger partial charge in [-0.1, -0.05) is 6.07 Å². The summed E-state index contributed by atoms with van der Waals surface area (Å²) in [6.07, 6.45) is 0. The van der Waals surface area contributed by atoms with E-state index in [9.17, 15) is 9.18 Å². The quantitative estimate of drug-likeness (QED) is 0.356. The van der Waals surface area contributed by atoms with E-state index in [1.165, 1.54) is 25.3 Å². The van der Waals surface area contributed by atoms with E-state index in [2.05, 4.69) is 10.0 Å². The van der Waals surface area contributed by atoms with Crippen LogP contribution in [0.15, 0.2) is 28.9 Å². The summed E-state index contributed by atoms with van der Waals surface area (Å²) in [6.45, 7) is 3.23. The molecule has 5 nitrogen and oxygen atoms in total. The SMILES string of the molecule is COc1cc(/C(C)=C(\C)C(=O)N=[N+]=[N-])ccc1F. The van der Waals surface area contributed by atoms with Crippen LogP contribution in [0.1, 0.15) is 19.4 Å². The number of amides is 1. The van der Waals surface area contributed by atoms with E-state index in [4.69, 9.17) is 10.3 Å². The molecule has 0 atom stereocenters. The third kappa shape index (κ3) is 2.87. The number of carbonyl (C=O) groups excluding carboxylic acids is 1. The summed E-state index contributed by atoms with van der Waals surface area (Å²) in [4.78, 5) is 13.8. The van der Waals surface area contributed by atoms with Crippen molar-refractivity contribution in [2.45, 2.75) is 13.8 Å². The molecule has 0 radical (unpaired) electrons. The molecule has 0 aromatic heterocycles. The summed E-state index contributed by atoms with van der Waals surface area (Å²) in [6, 6.07) is 4.26. The van der Waals surface area contributed by atoms with Crippen molar-refractivity contribution in [1.82, 2.24) is 0 Å². The summed E-state index contributed by atoms with van der Waals surface area (Å²) >= 11 is 0. The van der Waals surface area contributed by atoms with E-state index >= 15 is 0 Å². The highest BCUT2D eigenvalue weighted by Gasteiger charge is 2.10. The number of rotatable bonds is 3. The molecule has 0 aliphatic carbocycles. The van der Waals surface area contributed by atoms with Crippen molar-refractivity contribution in [2.24, 2.45) is 5.11 Å². The molecular weight excluding hydrogens is 237 g/mol. The lowest BCUT2D eigenvalue weighted by Crippen LogP contribution is -1.98. The van der Waals surface area contributed by atoms with Crippen LogP contribution in [0.3, 0.4) is 0 Å². The van der Waals surface area contributed by atoms with Crippen LogP contribution < -0.4 is 4.74 Å². The Kier molecular flexibility index (Phi) is 4.45. The zero-order valence-electron chi connectivity index (χ0n) is 10.3. The van der Waals surface area contributed by atoms with Crippen LogP contribution in [-0.2, 0) is 4.79 Å². The number of methoxy groups -OCH3 is 1. The minimum atomic E-state index is -0.654. The number of nitrogens with zero attached hydrogens (tertiary/aromatic N) is 3. The summed E-state index contributed by atoms with van der Waals surface area (Å²) in [5.74, 6) is -1.04. The average molecular weight is 249 g/mol. The van der Waals surface area contributed by atoms with E-state index in [0.717, 1.165) is 0 Å². The highest BCUT2D eigenvalue weighted by Crippen LogP contribution is 2.25. The van der Waals surface area contributed by atoms with Crippen molar-refractivity contribution in [3.63, 3.8) is 0 Å². The van der Waals surface area contributed by atoms with Crippen LogP contribution in [0, 0.1) is 5.82 Å². The van der Waals surface area contributed by atoms with Crippen LogP contribution in [0.2, 0.25) is 0 Å². The second-order valence-electron chi connectivity index (χ2n) is 3.59. The van der Waals surface area contributed by atoms with E-state index in [-0.39, 0.29) is 5.75 Å². The maximum absolute atomic E-state index is 13.2. The van der Waals surface area contributed by atoms with Crippen LogP contribution in [0.5, 0.6) is 5.75 Å². The topological polar surface area (TPSA) is 75.1 Å². The van der Waals surface area contributed by atoms with Gasteiger partial charge >= 0.3 is 0 Å². The third-order valence-electron chi connectivity index (χ3n) is 2.60. The number of carbonyl (C=O) groups is 1. The van der Waals surface area contributed by atoms with Crippen molar-refractivity contribution in [2.75, 3.05) is 7.11 Å². The smallest absolute Gasteiger partial charge is 0.245 e. The van der Waals surface area contributed by atoms with Gasteiger partial charge in [0.25, 0.3) is 0 Å². The van der Waals surface area contributed by atoms with E-state index in [1.807, 2.05) is 0 Å². The number of azide groups is 1. The molecular formula is C12H12FN3O2. The largest absolute Gasteiger partial charge is 0.494 e. The number of hydrogen-bond acceptors (Lipinski definition) is 2. The molecule has 94 valence electrons. The maximum atomic E-state index is 13.2. The monoisotopic (exact) mass is 249 g/mol. The van der Waals surface area contributed by atoms with Gasteiger partial charge in [-0.2, -0.15) is 0 Å². The van der Waals surface area contributed by atoms with Crippen LogP contribution in [0.25, 0.3) is 16.0 Å². The van der Waals surface area contributed by atoms with Crippen molar-refractivity contribution in [1.29, 1.82) is 0 Å². The molecule has 0 heterocycles. The lowest BCUT2D eigenvalue weighted by molar-refractivity contribution is -0.114. The molecule has 1 rings (SSSR count). The summed E-state index contributed by atoms with van der Waals surface area (Å²) in [5, 5.41) is 3.01. The fourth-order valence-electron chi connectivity index (χ4n) is 1.39. The van der Waals surface area contributed by atoms with Gasteiger partial charge in [-0.05, 0) is 47.8 Å². The molecule has 0 N–H and O–H groups in total. The van der Waals surface area contributed by atoms with E-state index in [1.54, 1.807) is 13.8 Å². The maximum Gasteiger partial charge on any atom is 0.245 e. The summed E-state index contributed by atoms with van der Waals surface area (Å²) in [5.41, 5.74) is 9.74. The molecule has 18 heavy (non-hydrogen) atoms. The Bertz CT molecular complexity index is 560. The van der Waals surface area contributed by atoms with Crippen LogP contribution in [-0.4, -0.2) is 13.0 Å². The first-order chi connectivity index (χ1) is 8.51. The predicted molar refractivity (Wildman–Crippen MR) is 65.4 cm³/mol. The first kappa shape index (κ1) is 13.7. The van der Waals surface area contributed by atoms with Gasteiger partial charge in [-0.25, -0.2) is 4.39 Å². The molecule has 6 heteroatoms. The van der Waals surface area contributed by atoms with Gasteiger partial charge in [0, 0.05) is 10.5 Å². The Morgan fingerprint density at radius 1 is 1.44 bits per heavy atom. The Morgan fingerprint density at radius 2 is 2.11 bits per heavy atom. The molecule has 0 saturated heterocycles. The van der Waals surface area contributed by atoms with Crippen LogP contribution >= 0.6 is 0 Å². The normalized spacial score (nSPS) is 11.3. The number of ether oxygens (including phenoxy) is 1. The molecule has 1 amide bonds. The summed E-state index contributed by atoms with van der Waals surface area (Å²) < 4.78 is 18.1. The first-order valence-corrected chi connectivity index (χ1v) is 5.12. The van der Waals surface area contributed by atoms with Gasteiger partial charge in [0.1, 0.15) is 0 Å². The Hall–Kier alpha value is -2.33. The number of halogens is 1. The van der Waals surface area contributed by atoms with Crippen molar-refractivity contribution < 1.29 is 13.9 Å². The zero-order valence-corrected chi connectivity index (χ0v) is 10.3. The second kappa shape index (κ2) is 5.84. The van der Waals surface area contributed by atoms with Gasteiger partial charge in [-0.15, -0.1) is 0 Å². The number of hydrogen-bond donors (Lipinski definition) is 0. The molecule has 0 spiro atoms. The Balaban J connectivity index is 3.25. The molecule has 1 aromatic rings. The van der Waals surface area contributed by atoms with Gasteiger partial charge in [0.2, 0.25) is 5.91 Å². The molecule has 0 fully saturated rings. The zero-order chi connectivity index (χ0) is 13.7. The van der Waals surface area contributed by atoms with Crippen molar-refractivity contribution in [3.8, 4) is 5.75 Å².